The van der Waals surface area contributed by atoms with Gasteiger partial charge >= 0.3 is 6.09 Å². The highest BCUT2D eigenvalue weighted by Crippen LogP contribution is 2.26. The fraction of sp³-hybridized carbons (Fsp3) is 0.938. The van der Waals surface area contributed by atoms with Gasteiger partial charge in [-0.05, 0) is 73.4 Å². The molecule has 2 N–H and O–H groups in total. The molecule has 0 saturated carbocycles. The van der Waals surface area contributed by atoms with E-state index in [0.717, 1.165) is 25.9 Å². The van der Waals surface area contributed by atoms with E-state index in [1.807, 2.05) is 20.8 Å². The molecule has 5 heteroatoms. The number of aliphatic hydroxyl groups is 1. The SMILES string of the molecule is CC(C)(C)OC(=O)NC(CO)C1CCN(C(C)(C)C)CC1. The molecule has 1 rings (SSSR count). The lowest BCUT2D eigenvalue weighted by atomic mass is 9.87. The maximum Gasteiger partial charge on any atom is 0.407 e. The van der Waals surface area contributed by atoms with Crippen LogP contribution in [-0.2, 0) is 4.74 Å². The van der Waals surface area contributed by atoms with Crippen molar-refractivity contribution in [1.82, 2.24) is 10.2 Å². The fourth-order valence-electron chi connectivity index (χ4n) is 2.74. The molecule has 1 amide bonds. The molecule has 0 aromatic rings. The summed E-state index contributed by atoms with van der Waals surface area (Å²) in [5.41, 5.74) is -0.335. The van der Waals surface area contributed by atoms with Gasteiger partial charge in [-0.25, -0.2) is 4.79 Å². The summed E-state index contributed by atoms with van der Waals surface area (Å²) < 4.78 is 5.26. The topological polar surface area (TPSA) is 61.8 Å². The predicted octanol–water partition coefficient (Wildman–Crippen LogP) is 2.38. The average Bonchev–Trinajstić information content (AvgIpc) is 2.33. The second-order valence-corrected chi connectivity index (χ2v) is 7.93. The number of rotatable bonds is 3. The second-order valence-electron chi connectivity index (χ2n) is 7.93. The Morgan fingerprint density at radius 3 is 2.14 bits per heavy atom. The zero-order valence-electron chi connectivity index (χ0n) is 14.4. The van der Waals surface area contributed by atoms with Crippen molar-refractivity contribution in [2.75, 3.05) is 19.7 Å². The van der Waals surface area contributed by atoms with E-state index in [2.05, 4.69) is 31.0 Å². The monoisotopic (exact) mass is 300 g/mol. The number of aliphatic hydroxyl groups excluding tert-OH is 1. The van der Waals surface area contributed by atoms with E-state index in [-0.39, 0.29) is 18.2 Å². The molecule has 0 aromatic heterocycles. The van der Waals surface area contributed by atoms with Crippen molar-refractivity contribution >= 4 is 6.09 Å². The van der Waals surface area contributed by atoms with Gasteiger partial charge in [0.25, 0.3) is 0 Å². The number of carbonyl (C=O) groups excluding carboxylic acids is 1. The van der Waals surface area contributed by atoms with Gasteiger partial charge in [-0.15, -0.1) is 0 Å². The summed E-state index contributed by atoms with van der Waals surface area (Å²) >= 11 is 0. The van der Waals surface area contributed by atoms with Gasteiger partial charge in [0.1, 0.15) is 5.60 Å². The molecule has 124 valence electrons. The van der Waals surface area contributed by atoms with Gasteiger partial charge in [0.15, 0.2) is 0 Å². The molecule has 0 aliphatic carbocycles. The van der Waals surface area contributed by atoms with Gasteiger partial charge in [0.2, 0.25) is 0 Å². The predicted molar refractivity (Wildman–Crippen MR) is 84.3 cm³/mol. The third-order valence-electron chi connectivity index (χ3n) is 3.96. The summed E-state index contributed by atoms with van der Waals surface area (Å²) in [4.78, 5) is 14.3. The molecule has 1 atom stereocenters. The first-order valence-corrected chi connectivity index (χ1v) is 7.88. The van der Waals surface area contributed by atoms with Crippen LogP contribution < -0.4 is 5.32 Å². The Kier molecular flexibility index (Phi) is 6.05. The van der Waals surface area contributed by atoms with Gasteiger partial charge in [0, 0.05) is 5.54 Å². The van der Waals surface area contributed by atoms with Crippen molar-refractivity contribution in [3.63, 3.8) is 0 Å². The van der Waals surface area contributed by atoms with Crippen LogP contribution in [0.3, 0.4) is 0 Å². The zero-order valence-corrected chi connectivity index (χ0v) is 14.4. The van der Waals surface area contributed by atoms with Crippen LogP contribution in [0, 0.1) is 5.92 Å². The number of nitrogens with one attached hydrogen (secondary N) is 1. The summed E-state index contributed by atoms with van der Waals surface area (Å²) in [7, 11) is 0. The maximum atomic E-state index is 11.8. The Bertz CT molecular complexity index is 336. The van der Waals surface area contributed by atoms with Crippen molar-refractivity contribution in [2.45, 2.75) is 71.6 Å². The van der Waals surface area contributed by atoms with Crippen LogP contribution in [-0.4, -0.2) is 53.0 Å². The number of hydrogen-bond acceptors (Lipinski definition) is 4. The summed E-state index contributed by atoms with van der Waals surface area (Å²) in [6, 6.07) is -0.220. The molecule has 1 saturated heterocycles. The van der Waals surface area contributed by atoms with Crippen LogP contribution in [0.15, 0.2) is 0 Å². The quantitative estimate of drug-likeness (QED) is 0.840. The lowest BCUT2D eigenvalue weighted by Gasteiger charge is -2.42. The summed E-state index contributed by atoms with van der Waals surface area (Å²) in [6.45, 7) is 14.1. The minimum atomic E-state index is -0.514. The van der Waals surface area contributed by atoms with Crippen LogP contribution in [0.25, 0.3) is 0 Å². The number of nitrogens with zero attached hydrogens (tertiary/aromatic N) is 1. The standard InChI is InChI=1S/C16H32N2O3/c1-15(2,3)18-9-7-12(8-10-18)13(11-19)17-14(20)21-16(4,5)6/h12-13,19H,7-11H2,1-6H3,(H,17,20). The van der Waals surface area contributed by atoms with E-state index >= 15 is 0 Å². The molecule has 21 heavy (non-hydrogen) atoms. The smallest absolute Gasteiger partial charge is 0.407 e. The molecule has 1 unspecified atom stereocenters. The fourth-order valence-corrected chi connectivity index (χ4v) is 2.74. The molecule has 5 nitrogen and oxygen atoms in total. The third-order valence-corrected chi connectivity index (χ3v) is 3.96. The zero-order chi connectivity index (χ0) is 16.3. The van der Waals surface area contributed by atoms with Crippen molar-refractivity contribution < 1.29 is 14.6 Å². The van der Waals surface area contributed by atoms with E-state index < -0.39 is 11.7 Å². The van der Waals surface area contributed by atoms with Crippen LogP contribution in [0.4, 0.5) is 4.79 Å². The van der Waals surface area contributed by atoms with Gasteiger partial charge in [-0.1, -0.05) is 0 Å². The summed E-state index contributed by atoms with van der Waals surface area (Å²) in [5, 5.41) is 12.4. The highest BCUT2D eigenvalue weighted by molar-refractivity contribution is 5.68. The molecule has 0 aromatic carbocycles. The van der Waals surface area contributed by atoms with Crippen LogP contribution in [0.1, 0.15) is 54.4 Å². The maximum absolute atomic E-state index is 11.8. The van der Waals surface area contributed by atoms with Crippen LogP contribution in [0.2, 0.25) is 0 Å². The lowest BCUT2D eigenvalue weighted by Crippen LogP contribution is -2.51. The molecule has 0 bridgehead atoms. The molecule has 0 spiro atoms. The van der Waals surface area contributed by atoms with Crippen molar-refractivity contribution in [2.24, 2.45) is 5.92 Å². The van der Waals surface area contributed by atoms with E-state index in [4.69, 9.17) is 4.74 Å². The first-order valence-electron chi connectivity index (χ1n) is 7.88. The highest BCUT2D eigenvalue weighted by Gasteiger charge is 2.32. The van der Waals surface area contributed by atoms with Crippen LogP contribution >= 0.6 is 0 Å². The highest BCUT2D eigenvalue weighted by atomic mass is 16.6. The van der Waals surface area contributed by atoms with Crippen molar-refractivity contribution in [3.8, 4) is 0 Å². The molecular formula is C16H32N2O3. The number of carbonyl (C=O) groups is 1. The first kappa shape index (κ1) is 18.2. The number of piperidine rings is 1. The normalized spacial score (nSPS) is 20.1. The molecule has 1 fully saturated rings. The van der Waals surface area contributed by atoms with Crippen LogP contribution in [0.5, 0.6) is 0 Å². The molecule has 1 heterocycles. The Balaban J connectivity index is 2.50. The molecular weight excluding hydrogens is 268 g/mol. The Labute approximate surface area is 129 Å². The minimum Gasteiger partial charge on any atom is -0.444 e. The van der Waals surface area contributed by atoms with E-state index in [1.54, 1.807) is 0 Å². The van der Waals surface area contributed by atoms with E-state index in [9.17, 15) is 9.90 Å². The minimum absolute atomic E-state index is 0.0422. The second kappa shape index (κ2) is 6.97. The van der Waals surface area contributed by atoms with E-state index in [0.29, 0.717) is 5.92 Å². The van der Waals surface area contributed by atoms with Crippen molar-refractivity contribution in [1.29, 1.82) is 0 Å². The molecule has 0 radical (unpaired) electrons. The number of amides is 1. The van der Waals surface area contributed by atoms with Gasteiger partial charge in [0.05, 0.1) is 12.6 Å². The first-order chi connectivity index (χ1) is 9.53. The Hall–Kier alpha value is -0.810. The van der Waals surface area contributed by atoms with Gasteiger partial charge in [-0.2, -0.15) is 0 Å². The Morgan fingerprint density at radius 2 is 1.76 bits per heavy atom. The third kappa shape index (κ3) is 6.22. The number of alkyl carbamates (subject to hydrolysis) is 1. The van der Waals surface area contributed by atoms with Gasteiger partial charge < -0.3 is 15.2 Å². The molecule has 1 aliphatic heterocycles. The number of likely N-dealkylation sites (tertiary alicyclic amines) is 1. The number of hydrogen-bond donors (Lipinski definition) is 2. The lowest BCUT2D eigenvalue weighted by molar-refractivity contribution is 0.0363. The largest absolute Gasteiger partial charge is 0.444 e. The van der Waals surface area contributed by atoms with Gasteiger partial charge in [-0.3, -0.25) is 4.90 Å². The Morgan fingerprint density at radius 1 is 1.24 bits per heavy atom. The van der Waals surface area contributed by atoms with E-state index in [1.165, 1.54) is 0 Å². The molecule has 1 aliphatic rings. The summed E-state index contributed by atoms with van der Waals surface area (Å²) in [5.74, 6) is 0.307. The summed E-state index contributed by atoms with van der Waals surface area (Å²) in [6.07, 6.45) is 1.52. The van der Waals surface area contributed by atoms with Crippen molar-refractivity contribution in [3.05, 3.63) is 0 Å². The number of ether oxygens (including phenoxy) is 1. The average molecular weight is 300 g/mol.